The SMILES string of the molecule is COC(=O)c1ccc2c(c1)C(O)N(CCCNC(=O)C(C)(C)C)C=C2. The first-order chi connectivity index (χ1) is 11.7. The number of hydrogen-bond acceptors (Lipinski definition) is 5. The van der Waals surface area contributed by atoms with E-state index in [9.17, 15) is 14.7 Å². The van der Waals surface area contributed by atoms with E-state index in [0.29, 0.717) is 30.6 Å². The van der Waals surface area contributed by atoms with Gasteiger partial charge >= 0.3 is 5.97 Å². The van der Waals surface area contributed by atoms with Gasteiger partial charge < -0.3 is 20.1 Å². The van der Waals surface area contributed by atoms with E-state index in [4.69, 9.17) is 4.74 Å². The molecule has 0 bridgehead atoms. The summed E-state index contributed by atoms with van der Waals surface area (Å²) >= 11 is 0. The van der Waals surface area contributed by atoms with Crippen LogP contribution in [0.15, 0.2) is 24.4 Å². The van der Waals surface area contributed by atoms with Gasteiger partial charge in [-0.15, -0.1) is 0 Å². The Morgan fingerprint density at radius 3 is 2.68 bits per heavy atom. The highest BCUT2D eigenvalue weighted by molar-refractivity contribution is 5.90. The molecular weight excluding hydrogens is 320 g/mol. The van der Waals surface area contributed by atoms with Crippen molar-refractivity contribution >= 4 is 18.0 Å². The number of carbonyl (C=O) groups excluding carboxylic acids is 2. The number of nitrogens with one attached hydrogen (secondary N) is 1. The summed E-state index contributed by atoms with van der Waals surface area (Å²) in [4.78, 5) is 25.3. The van der Waals surface area contributed by atoms with E-state index in [2.05, 4.69) is 5.32 Å². The minimum absolute atomic E-state index is 0.00954. The maximum atomic E-state index is 11.8. The fourth-order valence-electron chi connectivity index (χ4n) is 2.56. The largest absolute Gasteiger partial charge is 0.465 e. The summed E-state index contributed by atoms with van der Waals surface area (Å²) in [6.07, 6.45) is 3.60. The molecule has 6 nitrogen and oxygen atoms in total. The van der Waals surface area contributed by atoms with Crippen molar-refractivity contribution in [2.45, 2.75) is 33.4 Å². The van der Waals surface area contributed by atoms with Gasteiger partial charge in [0.25, 0.3) is 0 Å². The first-order valence-electron chi connectivity index (χ1n) is 8.36. The van der Waals surface area contributed by atoms with E-state index in [0.717, 1.165) is 5.56 Å². The molecule has 2 N–H and O–H groups in total. The van der Waals surface area contributed by atoms with E-state index >= 15 is 0 Å². The minimum atomic E-state index is -0.831. The van der Waals surface area contributed by atoms with E-state index < -0.39 is 17.6 Å². The minimum Gasteiger partial charge on any atom is -0.465 e. The van der Waals surface area contributed by atoms with Gasteiger partial charge in [-0.3, -0.25) is 4.79 Å². The first-order valence-corrected chi connectivity index (χ1v) is 8.36. The third kappa shape index (κ3) is 4.60. The Labute approximate surface area is 148 Å². The monoisotopic (exact) mass is 346 g/mol. The highest BCUT2D eigenvalue weighted by Gasteiger charge is 2.23. The molecule has 0 saturated carbocycles. The lowest BCUT2D eigenvalue weighted by Gasteiger charge is -2.31. The number of aliphatic hydroxyl groups excluding tert-OH is 1. The van der Waals surface area contributed by atoms with Crippen LogP contribution in [0.4, 0.5) is 0 Å². The molecule has 1 heterocycles. The number of benzene rings is 1. The predicted molar refractivity (Wildman–Crippen MR) is 95.6 cm³/mol. The Morgan fingerprint density at radius 2 is 2.04 bits per heavy atom. The number of rotatable bonds is 5. The first kappa shape index (κ1) is 19.0. The number of carbonyl (C=O) groups is 2. The number of ether oxygens (including phenoxy) is 1. The summed E-state index contributed by atoms with van der Waals surface area (Å²) in [6.45, 7) is 6.74. The normalized spacial score (nSPS) is 16.4. The van der Waals surface area contributed by atoms with E-state index in [1.807, 2.05) is 33.0 Å². The van der Waals surface area contributed by atoms with Crippen LogP contribution >= 0.6 is 0 Å². The van der Waals surface area contributed by atoms with Gasteiger partial charge in [-0.25, -0.2) is 4.79 Å². The molecule has 1 aromatic carbocycles. The van der Waals surface area contributed by atoms with Crippen molar-refractivity contribution in [2.24, 2.45) is 5.41 Å². The van der Waals surface area contributed by atoms with Gasteiger partial charge in [0.2, 0.25) is 5.91 Å². The van der Waals surface area contributed by atoms with Crippen molar-refractivity contribution in [2.75, 3.05) is 20.2 Å². The Hall–Kier alpha value is -2.34. The third-order valence-corrected chi connectivity index (χ3v) is 4.11. The lowest BCUT2D eigenvalue weighted by molar-refractivity contribution is -0.128. The van der Waals surface area contributed by atoms with Gasteiger partial charge in [0, 0.05) is 30.3 Å². The fraction of sp³-hybridized carbons (Fsp3) is 0.474. The summed E-state index contributed by atoms with van der Waals surface area (Å²) in [7, 11) is 1.33. The Morgan fingerprint density at radius 1 is 1.32 bits per heavy atom. The molecule has 1 aliphatic rings. The zero-order valence-corrected chi connectivity index (χ0v) is 15.2. The Kier molecular flexibility index (Phi) is 5.85. The summed E-state index contributed by atoms with van der Waals surface area (Å²) in [5, 5.41) is 13.5. The van der Waals surface area contributed by atoms with Gasteiger partial charge in [-0.05, 0) is 30.2 Å². The topological polar surface area (TPSA) is 78.9 Å². The Bertz CT molecular complexity index is 676. The van der Waals surface area contributed by atoms with Gasteiger partial charge in [0.05, 0.1) is 12.7 Å². The molecular formula is C19H26N2O4. The van der Waals surface area contributed by atoms with Crippen molar-refractivity contribution < 1.29 is 19.4 Å². The second-order valence-corrected chi connectivity index (χ2v) is 7.12. The number of esters is 1. The van der Waals surface area contributed by atoms with Gasteiger partial charge in [0.1, 0.15) is 0 Å². The van der Waals surface area contributed by atoms with E-state index in [1.165, 1.54) is 7.11 Å². The van der Waals surface area contributed by atoms with Crippen molar-refractivity contribution in [3.63, 3.8) is 0 Å². The van der Waals surface area contributed by atoms with Crippen LogP contribution in [0.2, 0.25) is 0 Å². The molecule has 0 spiro atoms. The van der Waals surface area contributed by atoms with Gasteiger partial charge in [-0.2, -0.15) is 0 Å². The molecule has 2 rings (SSSR count). The summed E-state index contributed by atoms with van der Waals surface area (Å²) in [6, 6.07) is 5.13. The smallest absolute Gasteiger partial charge is 0.337 e. The number of nitrogens with zero attached hydrogens (tertiary/aromatic N) is 1. The van der Waals surface area contributed by atoms with E-state index in [-0.39, 0.29) is 5.91 Å². The highest BCUT2D eigenvalue weighted by Crippen LogP contribution is 2.29. The number of amides is 1. The third-order valence-electron chi connectivity index (χ3n) is 4.11. The molecule has 1 amide bonds. The number of fused-ring (bicyclic) bond motifs is 1. The average molecular weight is 346 g/mol. The molecule has 25 heavy (non-hydrogen) atoms. The maximum Gasteiger partial charge on any atom is 0.337 e. The van der Waals surface area contributed by atoms with Gasteiger partial charge in [-0.1, -0.05) is 26.8 Å². The van der Waals surface area contributed by atoms with Crippen LogP contribution in [0.3, 0.4) is 0 Å². The summed E-state index contributed by atoms with van der Waals surface area (Å²) < 4.78 is 4.73. The van der Waals surface area contributed by atoms with Crippen LogP contribution in [0.5, 0.6) is 0 Å². The van der Waals surface area contributed by atoms with Gasteiger partial charge in [0.15, 0.2) is 6.23 Å². The molecule has 1 aromatic rings. The lowest BCUT2D eigenvalue weighted by Crippen LogP contribution is -2.36. The molecule has 1 atom stereocenters. The van der Waals surface area contributed by atoms with Crippen molar-refractivity contribution in [1.82, 2.24) is 10.2 Å². The van der Waals surface area contributed by atoms with Crippen molar-refractivity contribution in [1.29, 1.82) is 0 Å². The van der Waals surface area contributed by atoms with E-state index in [1.54, 1.807) is 23.1 Å². The fourth-order valence-corrected chi connectivity index (χ4v) is 2.56. The number of aliphatic hydroxyl groups is 1. The molecule has 6 heteroatoms. The summed E-state index contributed by atoms with van der Waals surface area (Å²) in [5.41, 5.74) is 1.54. The Balaban J connectivity index is 1.96. The molecule has 1 aliphatic heterocycles. The second-order valence-electron chi connectivity index (χ2n) is 7.12. The molecule has 0 fully saturated rings. The van der Waals surface area contributed by atoms with Crippen LogP contribution < -0.4 is 5.32 Å². The maximum absolute atomic E-state index is 11.8. The quantitative estimate of drug-likeness (QED) is 0.632. The number of methoxy groups -OCH3 is 1. The molecule has 136 valence electrons. The average Bonchev–Trinajstić information content (AvgIpc) is 2.58. The predicted octanol–water partition coefficient (Wildman–Crippen LogP) is 2.30. The van der Waals surface area contributed by atoms with Crippen LogP contribution in [-0.4, -0.2) is 42.1 Å². The molecule has 0 aromatic heterocycles. The molecule has 0 aliphatic carbocycles. The van der Waals surface area contributed by atoms with Crippen LogP contribution in [0.1, 0.15) is 54.9 Å². The zero-order chi connectivity index (χ0) is 18.6. The zero-order valence-electron chi connectivity index (χ0n) is 15.2. The standard InChI is InChI=1S/C19H26N2O4/c1-19(2,3)18(24)20-9-5-10-21-11-8-13-6-7-14(17(23)25-4)12-15(13)16(21)22/h6-8,11-12,16,22H,5,9-10H2,1-4H3,(H,20,24). The lowest BCUT2D eigenvalue weighted by atomic mass is 9.96. The van der Waals surface area contributed by atoms with Crippen molar-refractivity contribution in [3.8, 4) is 0 Å². The van der Waals surface area contributed by atoms with Crippen LogP contribution in [-0.2, 0) is 9.53 Å². The second kappa shape index (κ2) is 7.70. The number of hydrogen-bond donors (Lipinski definition) is 2. The molecule has 0 saturated heterocycles. The van der Waals surface area contributed by atoms with Crippen molar-refractivity contribution in [3.05, 3.63) is 41.1 Å². The molecule has 1 unspecified atom stereocenters. The van der Waals surface area contributed by atoms with Crippen LogP contribution in [0, 0.1) is 5.41 Å². The van der Waals surface area contributed by atoms with Crippen LogP contribution in [0.25, 0.3) is 6.08 Å². The molecule has 0 radical (unpaired) electrons. The summed E-state index contributed by atoms with van der Waals surface area (Å²) in [5.74, 6) is -0.420. The highest BCUT2D eigenvalue weighted by atomic mass is 16.5.